The highest BCUT2D eigenvalue weighted by Crippen LogP contribution is 2.38. The van der Waals surface area contributed by atoms with Crippen LogP contribution in [-0.4, -0.2) is 55.8 Å². The third-order valence-electron chi connectivity index (χ3n) is 3.89. The third kappa shape index (κ3) is 3.24. The molecule has 0 amide bonds. The Balaban J connectivity index is 1.73. The summed E-state index contributed by atoms with van der Waals surface area (Å²) in [7, 11) is 1.82. The Hall–Kier alpha value is -2.46. The Labute approximate surface area is 143 Å². The van der Waals surface area contributed by atoms with Crippen LogP contribution in [0.3, 0.4) is 0 Å². The maximum Gasteiger partial charge on any atom is 0.335 e. The Bertz CT molecular complexity index is 756. The number of aromatic nitrogens is 4. The zero-order chi connectivity index (χ0) is 17.3. The normalized spacial score (nSPS) is 15.7. The van der Waals surface area contributed by atoms with Crippen molar-refractivity contribution < 1.29 is 4.92 Å². The number of nitrogen functional groups attached to an aromatic ring is 1. The zero-order valence-electron chi connectivity index (χ0n) is 13.1. The van der Waals surface area contributed by atoms with Gasteiger partial charge in [-0.25, -0.2) is 9.97 Å². The fourth-order valence-corrected chi connectivity index (χ4v) is 3.01. The number of rotatable bonds is 4. The predicted octanol–water partition coefficient (Wildman–Crippen LogP) is 0.676. The van der Waals surface area contributed by atoms with Gasteiger partial charge in [0.15, 0.2) is 5.82 Å². The van der Waals surface area contributed by atoms with E-state index in [2.05, 4.69) is 20.0 Å². The summed E-state index contributed by atoms with van der Waals surface area (Å²) in [6.45, 7) is 3.26. The molecule has 2 N–H and O–H groups in total. The van der Waals surface area contributed by atoms with E-state index in [9.17, 15) is 10.1 Å². The molecule has 2 aromatic heterocycles. The van der Waals surface area contributed by atoms with E-state index in [1.165, 1.54) is 6.20 Å². The lowest BCUT2D eigenvalue weighted by Gasteiger charge is -2.35. The number of hydrogen-bond donors (Lipinski definition) is 1. The summed E-state index contributed by atoms with van der Waals surface area (Å²) in [4.78, 5) is 22.8. The van der Waals surface area contributed by atoms with Gasteiger partial charge in [0, 0.05) is 33.2 Å². The van der Waals surface area contributed by atoms with Gasteiger partial charge in [-0.05, 0) is 0 Å². The molecule has 1 fully saturated rings. The molecule has 0 unspecified atom stereocenters. The summed E-state index contributed by atoms with van der Waals surface area (Å²) >= 11 is 6.15. The van der Waals surface area contributed by atoms with Crippen LogP contribution < -0.4 is 10.6 Å². The topological polar surface area (TPSA) is 119 Å². The van der Waals surface area contributed by atoms with Gasteiger partial charge < -0.3 is 10.6 Å². The van der Waals surface area contributed by atoms with Gasteiger partial charge in [-0.2, -0.15) is 5.10 Å². The van der Waals surface area contributed by atoms with Crippen molar-refractivity contribution in [2.45, 2.75) is 6.54 Å². The average Bonchev–Trinajstić information content (AvgIpc) is 2.95. The fourth-order valence-electron chi connectivity index (χ4n) is 2.75. The summed E-state index contributed by atoms with van der Waals surface area (Å²) in [5, 5.41) is 15.8. The molecule has 3 rings (SSSR count). The molecule has 0 bridgehead atoms. The molecule has 2 aromatic rings. The second-order valence-electron chi connectivity index (χ2n) is 5.54. The van der Waals surface area contributed by atoms with Gasteiger partial charge in [0.05, 0.1) is 22.7 Å². The Morgan fingerprint density at radius 2 is 2.04 bits per heavy atom. The van der Waals surface area contributed by atoms with Gasteiger partial charge in [-0.1, -0.05) is 11.6 Å². The van der Waals surface area contributed by atoms with E-state index in [1.54, 1.807) is 11.0 Å². The first-order valence-electron chi connectivity index (χ1n) is 7.36. The summed E-state index contributed by atoms with van der Waals surface area (Å²) in [6.07, 6.45) is 3.01. The number of anilines is 2. The molecule has 0 saturated carbocycles. The van der Waals surface area contributed by atoms with Gasteiger partial charge in [-0.3, -0.25) is 19.7 Å². The van der Waals surface area contributed by atoms with E-state index in [0.717, 1.165) is 5.82 Å². The zero-order valence-corrected chi connectivity index (χ0v) is 13.8. The lowest BCUT2D eigenvalue weighted by atomic mass is 10.2. The van der Waals surface area contributed by atoms with E-state index in [4.69, 9.17) is 17.3 Å². The molecule has 1 aliphatic rings. The summed E-state index contributed by atoms with van der Waals surface area (Å²) in [5.74, 6) is 0.627. The number of nitrogens with zero attached hydrogens (tertiary/aromatic N) is 7. The lowest BCUT2D eigenvalue weighted by Crippen LogP contribution is -2.46. The summed E-state index contributed by atoms with van der Waals surface area (Å²) in [5.41, 5.74) is 5.77. The molecular weight excluding hydrogens is 336 g/mol. The molecule has 128 valence electrons. The highest BCUT2D eigenvalue weighted by atomic mass is 35.5. The molecule has 10 nitrogen and oxygen atoms in total. The minimum Gasteiger partial charge on any atom is -0.378 e. The highest BCUT2D eigenvalue weighted by Gasteiger charge is 2.29. The number of aryl methyl sites for hydroxylation is 1. The van der Waals surface area contributed by atoms with Crippen molar-refractivity contribution in [1.82, 2.24) is 24.6 Å². The average molecular weight is 353 g/mol. The number of nitrogens with two attached hydrogens (primary N) is 1. The van der Waals surface area contributed by atoms with Crippen LogP contribution in [-0.2, 0) is 13.6 Å². The lowest BCUT2D eigenvalue weighted by molar-refractivity contribution is -0.383. The van der Waals surface area contributed by atoms with Crippen molar-refractivity contribution in [3.05, 3.63) is 33.5 Å². The van der Waals surface area contributed by atoms with E-state index < -0.39 is 4.92 Å². The molecule has 0 spiro atoms. The molecule has 24 heavy (non-hydrogen) atoms. The van der Waals surface area contributed by atoms with Crippen LogP contribution in [0.1, 0.15) is 5.82 Å². The predicted molar refractivity (Wildman–Crippen MR) is 88.8 cm³/mol. The van der Waals surface area contributed by atoms with Crippen LogP contribution >= 0.6 is 11.6 Å². The van der Waals surface area contributed by atoms with Crippen molar-refractivity contribution in [2.75, 3.05) is 36.8 Å². The van der Waals surface area contributed by atoms with Crippen LogP contribution in [0, 0.1) is 10.1 Å². The van der Waals surface area contributed by atoms with Crippen molar-refractivity contribution in [2.24, 2.45) is 7.05 Å². The van der Waals surface area contributed by atoms with Crippen molar-refractivity contribution >= 4 is 28.8 Å². The smallest absolute Gasteiger partial charge is 0.335 e. The van der Waals surface area contributed by atoms with Crippen molar-refractivity contribution in [3.63, 3.8) is 0 Å². The SMILES string of the molecule is Cn1cnc(CN2CCN(c3c(Cl)cnc(N)c3[N+](=O)[O-])CC2)n1. The van der Waals surface area contributed by atoms with Crippen LogP contribution in [0.5, 0.6) is 0 Å². The monoisotopic (exact) mass is 352 g/mol. The largest absolute Gasteiger partial charge is 0.378 e. The Morgan fingerprint density at radius 1 is 1.33 bits per heavy atom. The number of halogens is 1. The highest BCUT2D eigenvalue weighted by molar-refractivity contribution is 6.33. The molecule has 0 aliphatic carbocycles. The van der Waals surface area contributed by atoms with Gasteiger partial charge in [0.25, 0.3) is 0 Å². The van der Waals surface area contributed by atoms with Gasteiger partial charge in [0.2, 0.25) is 5.82 Å². The van der Waals surface area contributed by atoms with Gasteiger partial charge in [0.1, 0.15) is 12.0 Å². The second kappa shape index (κ2) is 6.57. The molecule has 3 heterocycles. The number of nitro groups is 1. The van der Waals surface area contributed by atoms with E-state index in [-0.39, 0.29) is 16.5 Å². The standard InChI is InChI=1S/C13H17ClN8O2/c1-19-8-17-10(18-19)7-20-2-4-21(5-3-20)11-9(14)6-16-13(15)12(11)22(23)24/h6,8H,2-5,7H2,1H3,(H2,15,16). The molecule has 0 radical (unpaired) electrons. The maximum atomic E-state index is 11.3. The van der Waals surface area contributed by atoms with Gasteiger partial charge in [-0.15, -0.1) is 0 Å². The first kappa shape index (κ1) is 16.4. The first-order chi connectivity index (χ1) is 11.5. The van der Waals surface area contributed by atoms with Gasteiger partial charge >= 0.3 is 5.69 Å². The fraction of sp³-hybridized carbons (Fsp3) is 0.462. The minimum atomic E-state index is -0.534. The minimum absolute atomic E-state index is 0.125. The third-order valence-corrected chi connectivity index (χ3v) is 4.17. The molecule has 0 atom stereocenters. The second-order valence-corrected chi connectivity index (χ2v) is 5.95. The molecule has 11 heteroatoms. The Kier molecular flexibility index (Phi) is 4.49. The molecule has 0 aromatic carbocycles. The van der Waals surface area contributed by atoms with Crippen molar-refractivity contribution in [1.29, 1.82) is 0 Å². The van der Waals surface area contributed by atoms with Crippen LogP contribution in [0.25, 0.3) is 0 Å². The maximum absolute atomic E-state index is 11.3. The number of piperazine rings is 1. The van der Waals surface area contributed by atoms with Crippen LogP contribution in [0.15, 0.2) is 12.5 Å². The van der Waals surface area contributed by atoms with Crippen LogP contribution in [0.2, 0.25) is 5.02 Å². The Morgan fingerprint density at radius 3 is 2.62 bits per heavy atom. The molecule has 1 aliphatic heterocycles. The first-order valence-corrected chi connectivity index (χ1v) is 7.73. The van der Waals surface area contributed by atoms with E-state index in [0.29, 0.717) is 38.4 Å². The molecular formula is C13H17ClN8O2. The molecule has 1 saturated heterocycles. The summed E-state index contributed by atoms with van der Waals surface area (Å²) < 4.78 is 1.66. The van der Waals surface area contributed by atoms with E-state index in [1.807, 2.05) is 11.9 Å². The number of hydrogen-bond acceptors (Lipinski definition) is 8. The summed E-state index contributed by atoms with van der Waals surface area (Å²) in [6, 6.07) is 0. The van der Waals surface area contributed by atoms with Crippen molar-refractivity contribution in [3.8, 4) is 0 Å². The van der Waals surface area contributed by atoms with E-state index >= 15 is 0 Å². The number of pyridine rings is 1. The van der Waals surface area contributed by atoms with Crippen LogP contribution in [0.4, 0.5) is 17.2 Å². The quantitative estimate of drug-likeness (QED) is 0.630.